The van der Waals surface area contributed by atoms with Crippen molar-refractivity contribution < 1.29 is 17.9 Å². The van der Waals surface area contributed by atoms with Gasteiger partial charge in [-0.3, -0.25) is 4.79 Å². The van der Waals surface area contributed by atoms with Gasteiger partial charge >= 0.3 is 0 Å². The Morgan fingerprint density at radius 1 is 1.04 bits per heavy atom. The third-order valence-corrected chi connectivity index (χ3v) is 8.50. The number of piperidine rings is 1. The Bertz CT molecular complexity index is 837. The Morgan fingerprint density at radius 2 is 1.75 bits per heavy atom. The number of amides is 1. The van der Waals surface area contributed by atoms with Gasteiger partial charge in [-0.05, 0) is 49.8 Å². The van der Waals surface area contributed by atoms with Gasteiger partial charge in [0.1, 0.15) is 0 Å². The average molecular weight is 427 g/mol. The fourth-order valence-corrected chi connectivity index (χ4v) is 6.43. The molecule has 1 amide bonds. The number of ether oxygens (including phenoxy) is 1. The van der Waals surface area contributed by atoms with Crippen LogP contribution in [0.3, 0.4) is 0 Å². The molecule has 0 radical (unpaired) electrons. The molecule has 2 aliphatic heterocycles. The van der Waals surface area contributed by atoms with E-state index < -0.39 is 10.0 Å². The van der Waals surface area contributed by atoms with Crippen molar-refractivity contribution in [1.29, 1.82) is 0 Å². The first-order chi connectivity index (χ1) is 13.5. The molecule has 154 valence electrons. The number of halogens is 1. The maximum Gasteiger partial charge on any atom is 0.255 e. The van der Waals surface area contributed by atoms with Gasteiger partial charge in [0.2, 0.25) is 10.0 Å². The third-order valence-electron chi connectivity index (χ3n) is 6.28. The SMILES string of the molecule is O=C(c1cc(S(=O)(=O)N2CCOCC2)ccc1Cl)N1CCCC2CCCCC21. The van der Waals surface area contributed by atoms with E-state index in [2.05, 4.69) is 0 Å². The molecule has 2 heterocycles. The minimum atomic E-state index is -3.66. The van der Waals surface area contributed by atoms with Crippen molar-refractivity contribution in [3.05, 3.63) is 28.8 Å². The zero-order chi connectivity index (χ0) is 19.7. The standard InChI is InChI=1S/C20H27ClN2O4S/c21-18-8-7-16(28(25,26)22-10-12-27-13-11-22)14-17(18)20(24)23-9-3-5-15-4-1-2-6-19(15)23/h7-8,14-15,19H,1-6,9-13H2. The summed E-state index contributed by atoms with van der Waals surface area (Å²) in [4.78, 5) is 15.4. The van der Waals surface area contributed by atoms with Gasteiger partial charge in [-0.2, -0.15) is 4.31 Å². The topological polar surface area (TPSA) is 66.9 Å². The molecule has 1 aromatic carbocycles. The number of benzene rings is 1. The molecule has 2 saturated heterocycles. The average Bonchev–Trinajstić information content (AvgIpc) is 2.73. The summed E-state index contributed by atoms with van der Waals surface area (Å²) in [7, 11) is -3.66. The van der Waals surface area contributed by atoms with Crippen LogP contribution in [-0.4, -0.2) is 62.4 Å². The number of rotatable bonds is 3. The van der Waals surface area contributed by atoms with Crippen molar-refractivity contribution in [2.24, 2.45) is 5.92 Å². The predicted octanol–water partition coefficient (Wildman–Crippen LogP) is 3.16. The molecule has 0 bridgehead atoms. The summed E-state index contributed by atoms with van der Waals surface area (Å²) >= 11 is 6.35. The molecule has 0 aromatic heterocycles. The van der Waals surface area contributed by atoms with Crippen LogP contribution in [0.2, 0.25) is 5.02 Å². The highest BCUT2D eigenvalue weighted by molar-refractivity contribution is 7.89. The van der Waals surface area contributed by atoms with Crippen LogP contribution in [0.4, 0.5) is 0 Å². The van der Waals surface area contributed by atoms with E-state index in [1.165, 1.54) is 41.8 Å². The molecule has 6 nitrogen and oxygen atoms in total. The lowest BCUT2D eigenvalue weighted by Crippen LogP contribution is -2.49. The van der Waals surface area contributed by atoms with Crippen LogP contribution in [0, 0.1) is 5.92 Å². The lowest BCUT2D eigenvalue weighted by molar-refractivity contribution is 0.0390. The van der Waals surface area contributed by atoms with E-state index in [1.807, 2.05) is 4.90 Å². The van der Waals surface area contributed by atoms with Crippen molar-refractivity contribution in [3.8, 4) is 0 Å². The molecule has 3 fully saturated rings. The van der Waals surface area contributed by atoms with Crippen molar-refractivity contribution >= 4 is 27.5 Å². The number of likely N-dealkylation sites (tertiary alicyclic amines) is 1. The zero-order valence-corrected chi connectivity index (χ0v) is 17.6. The molecular weight excluding hydrogens is 400 g/mol. The maximum absolute atomic E-state index is 13.3. The molecule has 1 aliphatic carbocycles. The number of hydrogen-bond donors (Lipinski definition) is 0. The highest BCUT2D eigenvalue weighted by Crippen LogP contribution is 2.36. The van der Waals surface area contributed by atoms with Gasteiger partial charge in [-0.25, -0.2) is 8.42 Å². The van der Waals surface area contributed by atoms with E-state index >= 15 is 0 Å². The highest BCUT2D eigenvalue weighted by Gasteiger charge is 2.37. The number of nitrogens with zero attached hydrogens (tertiary/aromatic N) is 2. The Hall–Kier alpha value is -1.15. The normalized spacial score (nSPS) is 26.7. The molecule has 2 atom stereocenters. The van der Waals surface area contributed by atoms with E-state index in [1.54, 1.807) is 0 Å². The molecule has 28 heavy (non-hydrogen) atoms. The molecule has 4 rings (SSSR count). The summed E-state index contributed by atoms with van der Waals surface area (Å²) in [6, 6.07) is 4.74. The minimum absolute atomic E-state index is 0.124. The second kappa shape index (κ2) is 8.30. The van der Waals surface area contributed by atoms with Gasteiger partial charge in [0.15, 0.2) is 0 Å². The van der Waals surface area contributed by atoms with E-state index in [9.17, 15) is 13.2 Å². The van der Waals surface area contributed by atoms with Crippen LogP contribution in [0.5, 0.6) is 0 Å². The summed E-state index contributed by atoms with van der Waals surface area (Å²) in [5, 5.41) is 0.309. The molecule has 1 saturated carbocycles. The molecule has 0 N–H and O–H groups in total. The number of carbonyl (C=O) groups is 1. The Balaban J connectivity index is 1.62. The number of carbonyl (C=O) groups excluding carboxylic acids is 1. The van der Waals surface area contributed by atoms with Gasteiger partial charge in [-0.1, -0.05) is 24.4 Å². The summed E-state index contributed by atoms with van der Waals surface area (Å²) < 4.78 is 32.6. The van der Waals surface area contributed by atoms with Gasteiger partial charge in [-0.15, -0.1) is 0 Å². The molecule has 3 aliphatic rings. The number of morpholine rings is 1. The van der Waals surface area contributed by atoms with E-state index in [4.69, 9.17) is 16.3 Å². The number of sulfonamides is 1. The first-order valence-electron chi connectivity index (χ1n) is 10.2. The van der Waals surface area contributed by atoms with E-state index in [0.29, 0.717) is 42.8 Å². The first-order valence-corrected chi connectivity index (χ1v) is 12.0. The van der Waals surface area contributed by atoms with Gasteiger partial charge < -0.3 is 9.64 Å². The molecule has 2 unspecified atom stereocenters. The van der Waals surface area contributed by atoms with Crippen molar-refractivity contribution in [2.45, 2.75) is 49.5 Å². The van der Waals surface area contributed by atoms with Gasteiger partial charge in [0.25, 0.3) is 5.91 Å². The quantitative estimate of drug-likeness (QED) is 0.744. The van der Waals surface area contributed by atoms with Crippen LogP contribution in [-0.2, 0) is 14.8 Å². The van der Waals surface area contributed by atoms with Crippen molar-refractivity contribution in [2.75, 3.05) is 32.8 Å². The third kappa shape index (κ3) is 3.82. The van der Waals surface area contributed by atoms with Crippen LogP contribution in [0.25, 0.3) is 0 Å². The summed E-state index contributed by atoms with van der Waals surface area (Å²) in [5.74, 6) is 0.422. The van der Waals surface area contributed by atoms with Gasteiger partial charge in [0.05, 0.1) is 28.7 Å². The van der Waals surface area contributed by atoms with Crippen molar-refractivity contribution in [3.63, 3.8) is 0 Å². The van der Waals surface area contributed by atoms with E-state index in [-0.39, 0.29) is 16.8 Å². The molecule has 0 spiro atoms. The number of hydrogen-bond acceptors (Lipinski definition) is 4. The first kappa shape index (κ1) is 20.1. The lowest BCUT2D eigenvalue weighted by atomic mass is 9.78. The second-order valence-corrected chi connectivity index (χ2v) is 10.3. The van der Waals surface area contributed by atoms with Crippen LogP contribution in [0.1, 0.15) is 48.9 Å². The predicted molar refractivity (Wildman–Crippen MR) is 107 cm³/mol. The molecular formula is C20H27ClN2O4S. The summed E-state index contributed by atoms with van der Waals surface area (Å²) in [6.45, 7) is 2.13. The van der Waals surface area contributed by atoms with Crippen LogP contribution >= 0.6 is 11.6 Å². The maximum atomic E-state index is 13.3. The zero-order valence-electron chi connectivity index (χ0n) is 16.0. The van der Waals surface area contributed by atoms with Gasteiger partial charge in [0, 0.05) is 25.7 Å². The fourth-order valence-electron chi connectivity index (χ4n) is 4.80. The lowest BCUT2D eigenvalue weighted by Gasteiger charge is -2.44. The largest absolute Gasteiger partial charge is 0.379 e. The second-order valence-electron chi connectivity index (χ2n) is 7.91. The Morgan fingerprint density at radius 3 is 2.54 bits per heavy atom. The Labute approximate surface area is 171 Å². The summed E-state index contributed by atoms with van der Waals surface area (Å²) in [5.41, 5.74) is 0.294. The highest BCUT2D eigenvalue weighted by atomic mass is 35.5. The summed E-state index contributed by atoms with van der Waals surface area (Å²) in [6.07, 6.45) is 6.75. The molecule has 8 heteroatoms. The van der Waals surface area contributed by atoms with Crippen LogP contribution in [0.15, 0.2) is 23.1 Å². The molecule has 1 aromatic rings. The minimum Gasteiger partial charge on any atom is -0.379 e. The fraction of sp³-hybridized carbons (Fsp3) is 0.650. The van der Waals surface area contributed by atoms with E-state index in [0.717, 1.165) is 25.8 Å². The smallest absolute Gasteiger partial charge is 0.255 e. The Kier molecular flexibility index (Phi) is 5.97. The number of fused-ring (bicyclic) bond motifs is 1. The van der Waals surface area contributed by atoms with Crippen molar-refractivity contribution in [1.82, 2.24) is 9.21 Å². The monoisotopic (exact) mass is 426 g/mol. The van der Waals surface area contributed by atoms with Crippen LogP contribution < -0.4 is 0 Å².